The predicted octanol–water partition coefficient (Wildman–Crippen LogP) is 4.52. The lowest BCUT2D eigenvalue weighted by molar-refractivity contribution is -0.115. The van der Waals surface area contributed by atoms with Gasteiger partial charge < -0.3 is 10.2 Å². The summed E-state index contributed by atoms with van der Waals surface area (Å²) in [4.78, 5) is 14.5. The number of carbonyl (C=O) groups excluding carboxylic acids is 1. The zero-order chi connectivity index (χ0) is 15.7. The summed E-state index contributed by atoms with van der Waals surface area (Å²) in [7, 11) is 0. The van der Waals surface area contributed by atoms with Crippen molar-refractivity contribution < 1.29 is 4.79 Å². The molecule has 0 saturated carbocycles. The molecule has 1 amide bonds. The average molecular weight is 424 g/mol. The van der Waals surface area contributed by atoms with Crippen molar-refractivity contribution in [3.8, 4) is 0 Å². The van der Waals surface area contributed by atoms with E-state index in [0.29, 0.717) is 6.54 Å². The Balaban J connectivity index is 1.72. The number of aryl methyl sites for hydroxylation is 1. The van der Waals surface area contributed by atoms with Crippen molar-refractivity contribution in [2.24, 2.45) is 0 Å². The molecule has 0 saturated heterocycles. The minimum atomic E-state index is -0.0121. The highest BCUT2D eigenvalue weighted by atomic mass is 79.9. The summed E-state index contributed by atoms with van der Waals surface area (Å²) in [6.45, 7) is 3.27. The minimum Gasteiger partial charge on any atom is -0.362 e. The average Bonchev–Trinajstić information content (AvgIpc) is 2.86. The maximum atomic E-state index is 12.4. The smallest absolute Gasteiger partial charge is 0.243 e. The number of hydrogen-bond acceptors (Lipinski definition) is 2. The van der Waals surface area contributed by atoms with E-state index in [1.807, 2.05) is 31.2 Å². The van der Waals surface area contributed by atoms with Gasteiger partial charge >= 0.3 is 0 Å². The van der Waals surface area contributed by atoms with Gasteiger partial charge in [0.2, 0.25) is 5.91 Å². The number of benzene rings is 2. The lowest BCUT2D eigenvalue weighted by Gasteiger charge is -2.19. The number of carbonyl (C=O) groups is 1. The highest BCUT2D eigenvalue weighted by Gasteiger charge is 2.21. The minimum absolute atomic E-state index is 0.0121. The fourth-order valence-electron chi connectivity index (χ4n) is 2.74. The van der Waals surface area contributed by atoms with E-state index in [9.17, 15) is 4.79 Å². The van der Waals surface area contributed by atoms with E-state index in [0.717, 1.165) is 33.2 Å². The topological polar surface area (TPSA) is 32.3 Å². The fraction of sp³-hybridized carbons (Fsp3) is 0.235. The van der Waals surface area contributed by atoms with Crippen molar-refractivity contribution >= 4 is 49.1 Å². The lowest BCUT2D eigenvalue weighted by atomic mass is 10.2. The second kappa shape index (κ2) is 6.42. The molecule has 0 radical (unpaired) electrons. The van der Waals surface area contributed by atoms with Crippen LogP contribution in [0.1, 0.15) is 11.1 Å². The quantitative estimate of drug-likeness (QED) is 0.786. The van der Waals surface area contributed by atoms with Crippen LogP contribution in [0.25, 0.3) is 0 Å². The maximum Gasteiger partial charge on any atom is 0.243 e. The zero-order valence-corrected chi connectivity index (χ0v) is 15.4. The number of fused-ring (bicyclic) bond motifs is 1. The molecule has 1 N–H and O–H groups in total. The van der Waals surface area contributed by atoms with Crippen LogP contribution < -0.4 is 10.2 Å². The first kappa shape index (κ1) is 15.6. The summed E-state index contributed by atoms with van der Waals surface area (Å²) in [5.74, 6) is -0.0121. The van der Waals surface area contributed by atoms with Gasteiger partial charge in [0, 0.05) is 21.2 Å². The third kappa shape index (κ3) is 3.20. The van der Waals surface area contributed by atoms with E-state index in [-0.39, 0.29) is 5.91 Å². The van der Waals surface area contributed by atoms with Gasteiger partial charge in [0.05, 0.1) is 12.2 Å². The highest BCUT2D eigenvalue weighted by molar-refractivity contribution is 9.11. The Labute approximate surface area is 147 Å². The molecular weight excluding hydrogens is 408 g/mol. The maximum absolute atomic E-state index is 12.4. The Bertz CT molecular complexity index is 707. The molecule has 0 unspecified atom stereocenters. The number of anilines is 2. The van der Waals surface area contributed by atoms with Crippen molar-refractivity contribution in [2.75, 3.05) is 23.3 Å². The van der Waals surface area contributed by atoms with Crippen LogP contribution in [0.3, 0.4) is 0 Å². The van der Waals surface area contributed by atoms with Gasteiger partial charge in [-0.25, -0.2) is 0 Å². The largest absolute Gasteiger partial charge is 0.362 e. The molecule has 0 bridgehead atoms. The lowest BCUT2D eigenvalue weighted by Crippen LogP contribution is -2.32. The standard InChI is InChI=1S/C17H16Br2N2O/c1-11-8-13(18)17(14(19)9-11)20-16(22)10-21-7-6-12-4-2-3-5-15(12)21/h2-5,8-9H,6-7,10H2,1H3,(H,20,22). The Hall–Kier alpha value is -1.33. The fourth-order valence-corrected chi connectivity index (χ4v) is 4.36. The summed E-state index contributed by atoms with van der Waals surface area (Å²) >= 11 is 7.01. The zero-order valence-electron chi connectivity index (χ0n) is 12.2. The molecule has 1 heterocycles. The molecule has 2 aromatic rings. The van der Waals surface area contributed by atoms with Gasteiger partial charge in [-0.15, -0.1) is 0 Å². The molecule has 0 spiro atoms. The van der Waals surface area contributed by atoms with Crippen LogP contribution >= 0.6 is 31.9 Å². The second-order valence-electron chi connectivity index (χ2n) is 5.45. The van der Waals surface area contributed by atoms with Crippen LogP contribution in [0, 0.1) is 6.92 Å². The number of amides is 1. The first-order valence-electron chi connectivity index (χ1n) is 7.13. The molecule has 2 aromatic carbocycles. The van der Waals surface area contributed by atoms with Gasteiger partial charge in [0.1, 0.15) is 0 Å². The van der Waals surface area contributed by atoms with Crippen molar-refractivity contribution in [1.29, 1.82) is 0 Å². The second-order valence-corrected chi connectivity index (χ2v) is 7.16. The van der Waals surface area contributed by atoms with Gasteiger partial charge in [0.25, 0.3) is 0 Å². The van der Waals surface area contributed by atoms with Crippen molar-refractivity contribution in [3.63, 3.8) is 0 Å². The highest BCUT2D eigenvalue weighted by Crippen LogP contribution is 2.32. The predicted molar refractivity (Wildman–Crippen MR) is 97.6 cm³/mol. The Kier molecular flexibility index (Phi) is 4.54. The number of para-hydroxylation sites is 1. The van der Waals surface area contributed by atoms with Crippen LogP contribution in [0.5, 0.6) is 0 Å². The van der Waals surface area contributed by atoms with Crippen LogP contribution in [-0.4, -0.2) is 19.0 Å². The van der Waals surface area contributed by atoms with Crippen LogP contribution in [0.2, 0.25) is 0 Å². The van der Waals surface area contributed by atoms with Crippen LogP contribution in [0.4, 0.5) is 11.4 Å². The van der Waals surface area contributed by atoms with E-state index < -0.39 is 0 Å². The summed E-state index contributed by atoms with van der Waals surface area (Å²) in [6.07, 6.45) is 1.00. The van der Waals surface area contributed by atoms with Gasteiger partial charge in [-0.2, -0.15) is 0 Å². The third-order valence-corrected chi connectivity index (χ3v) is 5.02. The monoisotopic (exact) mass is 422 g/mol. The normalized spacial score (nSPS) is 13.1. The van der Waals surface area contributed by atoms with E-state index in [1.54, 1.807) is 0 Å². The van der Waals surface area contributed by atoms with E-state index in [2.05, 4.69) is 54.2 Å². The molecule has 3 rings (SSSR count). The Morgan fingerprint density at radius 1 is 1.23 bits per heavy atom. The Morgan fingerprint density at radius 3 is 2.64 bits per heavy atom. The van der Waals surface area contributed by atoms with Gasteiger partial charge in [-0.3, -0.25) is 4.79 Å². The van der Waals surface area contributed by atoms with Crippen LogP contribution in [0.15, 0.2) is 45.3 Å². The van der Waals surface area contributed by atoms with Gasteiger partial charge in [0.15, 0.2) is 0 Å². The molecule has 0 fully saturated rings. The van der Waals surface area contributed by atoms with Gasteiger partial charge in [-0.05, 0) is 74.5 Å². The third-order valence-electron chi connectivity index (χ3n) is 3.77. The molecule has 1 aliphatic heterocycles. The number of hydrogen-bond donors (Lipinski definition) is 1. The molecule has 22 heavy (non-hydrogen) atoms. The molecule has 1 aliphatic rings. The van der Waals surface area contributed by atoms with Crippen molar-refractivity contribution in [2.45, 2.75) is 13.3 Å². The van der Waals surface area contributed by atoms with E-state index in [1.165, 1.54) is 11.3 Å². The van der Waals surface area contributed by atoms with Crippen molar-refractivity contribution in [3.05, 3.63) is 56.5 Å². The van der Waals surface area contributed by atoms with Gasteiger partial charge in [-0.1, -0.05) is 18.2 Å². The molecule has 0 aromatic heterocycles. The van der Waals surface area contributed by atoms with Crippen molar-refractivity contribution in [1.82, 2.24) is 0 Å². The molecule has 3 nitrogen and oxygen atoms in total. The van der Waals surface area contributed by atoms with E-state index >= 15 is 0 Å². The Morgan fingerprint density at radius 2 is 1.91 bits per heavy atom. The molecule has 0 aliphatic carbocycles. The van der Waals surface area contributed by atoms with Crippen LogP contribution in [-0.2, 0) is 11.2 Å². The SMILES string of the molecule is Cc1cc(Br)c(NC(=O)CN2CCc3ccccc32)c(Br)c1. The first-order chi connectivity index (χ1) is 10.5. The molecular formula is C17H16Br2N2O. The summed E-state index contributed by atoms with van der Waals surface area (Å²) < 4.78 is 1.77. The number of rotatable bonds is 3. The molecule has 0 atom stereocenters. The molecule has 114 valence electrons. The molecule has 5 heteroatoms. The summed E-state index contributed by atoms with van der Waals surface area (Å²) in [5.41, 5.74) is 4.39. The first-order valence-corrected chi connectivity index (χ1v) is 8.71. The number of nitrogens with zero attached hydrogens (tertiary/aromatic N) is 1. The number of halogens is 2. The number of nitrogens with one attached hydrogen (secondary N) is 1. The summed E-state index contributed by atoms with van der Waals surface area (Å²) in [6, 6.07) is 12.2. The van der Waals surface area contributed by atoms with E-state index in [4.69, 9.17) is 0 Å². The summed E-state index contributed by atoms with van der Waals surface area (Å²) in [5, 5.41) is 2.99.